The van der Waals surface area contributed by atoms with E-state index in [-0.39, 0.29) is 10.8 Å². The molecule has 26 heavy (non-hydrogen) atoms. The Balaban J connectivity index is 3.23. The first-order chi connectivity index (χ1) is 12.0. The number of hydrogen-bond donors (Lipinski definition) is 2. The highest BCUT2D eigenvalue weighted by molar-refractivity contribution is 7.89. The van der Waals surface area contributed by atoms with Crippen molar-refractivity contribution in [3.05, 3.63) is 29.3 Å². The largest absolute Gasteiger partial charge is 0.346 e. The maximum Gasteiger partial charge on any atom is 0.251 e. The van der Waals surface area contributed by atoms with Crippen molar-refractivity contribution in [1.29, 1.82) is 0 Å². The number of carbonyl (C=O) groups excluding carboxylic acids is 1. The normalized spacial score (nSPS) is 14.5. The smallest absolute Gasteiger partial charge is 0.251 e. The molecule has 0 aromatic heterocycles. The molecule has 0 heterocycles. The van der Waals surface area contributed by atoms with Crippen LogP contribution in [0.15, 0.2) is 23.1 Å². The van der Waals surface area contributed by atoms with Gasteiger partial charge in [-0.2, -0.15) is 4.31 Å². The number of aryl methyl sites for hydroxylation is 1. The van der Waals surface area contributed by atoms with Gasteiger partial charge in [-0.05, 0) is 43.9 Å². The van der Waals surface area contributed by atoms with Gasteiger partial charge in [-0.1, -0.05) is 33.8 Å². The second kappa shape index (κ2) is 8.97. The molecule has 1 atom stereocenters. The van der Waals surface area contributed by atoms with Gasteiger partial charge < -0.3 is 11.1 Å². The molecule has 0 radical (unpaired) electrons. The van der Waals surface area contributed by atoms with Crippen molar-refractivity contribution in [1.82, 2.24) is 9.62 Å². The van der Waals surface area contributed by atoms with Crippen LogP contribution < -0.4 is 11.1 Å². The van der Waals surface area contributed by atoms with Crippen LogP contribution in [-0.4, -0.2) is 43.8 Å². The highest BCUT2D eigenvalue weighted by Crippen LogP contribution is 2.22. The third-order valence-electron chi connectivity index (χ3n) is 4.50. The summed E-state index contributed by atoms with van der Waals surface area (Å²) < 4.78 is 27.1. The predicted molar refractivity (Wildman–Crippen MR) is 106 cm³/mol. The van der Waals surface area contributed by atoms with Gasteiger partial charge in [-0.15, -0.1) is 0 Å². The molecule has 0 fully saturated rings. The Labute approximate surface area is 158 Å². The monoisotopic (exact) mass is 383 g/mol. The average Bonchev–Trinajstić information content (AvgIpc) is 2.55. The van der Waals surface area contributed by atoms with E-state index in [4.69, 9.17) is 5.73 Å². The van der Waals surface area contributed by atoms with E-state index in [1.807, 2.05) is 6.92 Å². The van der Waals surface area contributed by atoms with Crippen LogP contribution in [0.5, 0.6) is 0 Å². The Bertz CT molecular complexity index is 728. The Hall–Kier alpha value is -1.44. The molecule has 0 saturated carbocycles. The summed E-state index contributed by atoms with van der Waals surface area (Å²) in [6, 6.07) is 4.79. The Morgan fingerprint density at radius 2 is 1.85 bits per heavy atom. The van der Waals surface area contributed by atoms with Gasteiger partial charge in [0.15, 0.2) is 0 Å². The molecule has 0 aliphatic heterocycles. The SMILES string of the molecule is CCN(CC)S(=O)(=O)c1cc(C(=O)NC(C)(CN)CC(C)C)ccc1C. The van der Waals surface area contributed by atoms with E-state index in [1.165, 1.54) is 10.4 Å². The minimum atomic E-state index is -3.63. The predicted octanol–water partition coefficient (Wildman–Crippen LogP) is 2.52. The summed E-state index contributed by atoms with van der Waals surface area (Å²) in [7, 11) is -3.63. The number of nitrogens with one attached hydrogen (secondary N) is 1. The Morgan fingerprint density at radius 1 is 1.27 bits per heavy atom. The number of nitrogens with zero attached hydrogens (tertiary/aromatic N) is 1. The van der Waals surface area contributed by atoms with Crippen LogP contribution >= 0.6 is 0 Å². The lowest BCUT2D eigenvalue weighted by Gasteiger charge is -2.31. The van der Waals surface area contributed by atoms with Gasteiger partial charge in [-0.3, -0.25) is 4.79 Å². The number of hydrogen-bond acceptors (Lipinski definition) is 4. The summed E-state index contributed by atoms with van der Waals surface area (Å²) in [6.45, 7) is 12.5. The molecule has 0 bridgehead atoms. The number of benzene rings is 1. The van der Waals surface area contributed by atoms with Crippen LogP contribution in [0.2, 0.25) is 0 Å². The van der Waals surface area contributed by atoms with Crippen molar-refractivity contribution >= 4 is 15.9 Å². The van der Waals surface area contributed by atoms with Crippen molar-refractivity contribution in [3.8, 4) is 0 Å². The summed E-state index contributed by atoms with van der Waals surface area (Å²) in [5.41, 5.74) is 6.28. The van der Waals surface area contributed by atoms with Gasteiger partial charge in [0.1, 0.15) is 0 Å². The van der Waals surface area contributed by atoms with E-state index in [2.05, 4.69) is 19.2 Å². The van der Waals surface area contributed by atoms with E-state index in [0.717, 1.165) is 6.42 Å². The van der Waals surface area contributed by atoms with Gasteiger partial charge >= 0.3 is 0 Å². The minimum Gasteiger partial charge on any atom is -0.346 e. The summed E-state index contributed by atoms with van der Waals surface area (Å²) in [4.78, 5) is 12.9. The number of nitrogens with two attached hydrogens (primary N) is 1. The molecular weight excluding hydrogens is 350 g/mol. The lowest BCUT2D eigenvalue weighted by Crippen LogP contribution is -2.52. The van der Waals surface area contributed by atoms with Crippen LogP contribution in [0.4, 0.5) is 0 Å². The fraction of sp³-hybridized carbons (Fsp3) is 0.632. The molecule has 1 unspecified atom stereocenters. The topological polar surface area (TPSA) is 92.5 Å². The second-order valence-electron chi connectivity index (χ2n) is 7.39. The first-order valence-electron chi connectivity index (χ1n) is 9.14. The van der Waals surface area contributed by atoms with Gasteiger partial charge in [-0.25, -0.2) is 8.42 Å². The Kier molecular flexibility index (Phi) is 7.80. The molecule has 0 aliphatic carbocycles. The number of rotatable bonds is 9. The molecule has 0 aliphatic rings. The van der Waals surface area contributed by atoms with Crippen LogP contribution in [0.25, 0.3) is 0 Å². The van der Waals surface area contributed by atoms with Gasteiger partial charge in [0.25, 0.3) is 5.91 Å². The average molecular weight is 384 g/mol. The first kappa shape index (κ1) is 22.6. The van der Waals surface area contributed by atoms with E-state index in [1.54, 1.807) is 32.9 Å². The Morgan fingerprint density at radius 3 is 2.31 bits per heavy atom. The second-order valence-corrected chi connectivity index (χ2v) is 9.29. The maximum atomic E-state index is 12.9. The van der Waals surface area contributed by atoms with Crippen molar-refractivity contribution in [3.63, 3.8) is 0 Å². The van der Waals surface area contributed by atoms with Crippen molar-refractivity contribution in [2.45, 2.75) is 58.4 Å². The molecule has 0 saturated heterocycles. The standard InChI is InChI=1S/C19H33N3O3S/c1-7-22(8-2)26(24,25)17-11-16(10-9-15(17)5)18(23)21-19(6,13-20)12-14(3)4/h9-11,14H,7-8,12-13,20H2,1-6H3,(H,21,23). The zero-order valence-corrected chi connectivity index (χ0v) is 17.6. The molecule has 1 aromatic carbocycles. The summed E-state index contributed by atoms with van der Waals surface area (Å²) >= 11 is 0. The quantitative estimate of drug-likeness (QED) is 0.685. The van der Waals surface area contributed by atoms with E-state index >= 15 is 0 Å². The van der Waals surface area contributed by atoms with E-state index < -0.39 is 15.6 Å². The van der Waals surface area contributed by atoms with Crippen molar-refractivity contribution < 1.29 is 13.2 Å². The lowest BCUT2D eigenvalue weighted by molar-refractivity contribution is 0.0898. The molecule has 7 heteroatoms. The van der Waals surface area contributed by atoms with Crippen LogP contribution in [0.1, 0.15) is 57.0 Å². The van der Waals surface area contributed by atoms with Gasteiger partial charge in [0.05, 0.1) is 4.90 Å². The molecule has 148 valence electrons. The molecule has 1 amide bonds. The van der Waals surface area contributed by atoms with Crippen LogP contribution in [-0.2, 0) is 10.0 Å². The van der Waals surface area contributed by atoms with Gasteiger partial charge in [0.2, 0.25) is 10.0 Å². The molecule has 0 spiro atoms. The van der Waals surface area contributed by atoms with Crippen molar-refractivity contribution in [2.75, 3.05) is 19.6 Å². The lowest BCUT2D eigenvalue weighted by atomic mass is 9.90. The fourth-order valence-electron chi connectivity index (χ4n) is 3.15. The summed E-state index contributed by atoms with van der Waals surface area (Å²) in [5, 5.41) is 2.97. The zero-order valence-electron chi connectivity index (χ0n) is 16.8. The minimum absolute atomic E-state index is 0.173. The number of amides is 1. The fourth-order valence-corrected chi connectivity index (χ4v) is 4.86. The van der Waals surface area contributed by atoms with Gasteiger partial charge in [0, 0.05) is 30.7 Å². The maximum absolute atomic E-state index is 12.9. The molecule has 6 nitrogen and oxygen atoms in total. The summed E-state index contributed by atoms with van der Waals surface area (Å²) in [6.07, 6.45) is 0.742. The summed E-state index contributed by atoms with van der Waals surface area (Å²) in [5.74, 6) is 0.0649. The van der Waals surface area contributed by atoms with Crippen LogP contribution in [0, 0.1) is 12.8 Å². The third-order valence-corrected chi connectivity index (χ3v) is 6.69. The van der Waals surface area contributed by atoms with E-state index in [0.29, 0.717) is 36.7 Å². The first-order valence-corrected chi connectivity index (χ1v) is 10.6. The number of carbonyl (C=O) groups is 1. The van der Waals surface area contributed by atoms with Crippen molar-refractivity contribution in [2.24, 2.45) is 11.7 Å². The molecule has 1 aromatic rings. The highest BCUT2D eigenvalue weighted by atomic mass is 32.2. The third kappa shape index (κ3) is 5.28. The molecule has 3 N–H and O–H groups in total. The number of sulfonamides is 1. The molecule has 1 rings (SSSR count). The zero-order chi connectivity index (χ0) is 20.1. The molecular formula is C19H33N3O3S. The highest BCUT2D eigenvalue weighted by Gasteiger charge is 2.28. The van der Waals surface area contributed by atoms with Crippen LogP contribution in [0.3, 0.4) is 0 Å². The van der Waals surface area contributed by atoms with E-state index in [9.17, 15) is 13.2 Å².